The second-order valence-electron chi connectivity index (χ2n) is 5.81. The fourth-order valence-corrected chi connectivity index (χ4v) is 3.07. The highest BCUT2D eigenvalue weighted by Crippen LogP contribution is 2.31. The average molecular weight is 326 g/mol. The Morgan fingerprint density at radius 3 is 2.71 bits per heavy atom. The van der Waals surface area contributed by atoms with E-state index in [-0.39, 0.29) is 12.1 Å². The van der Waals surface area contributed by atoms with Crippen molar-refractivity contribution < 1.29 is 14.3 Å². The summed E-state index contributed by atoms with van der Waals surface area (Å²) in [6.45, 7) is 2.65. The van der Waals surface area contributed by atoms with Gasteiger partial charge in [0.05, 0.1) is 20.3 Å². The zero-order valence-corrected chi connectivity index (χ0v) is 14.2. The topological polar surface area (TPSA) is 50.8 Å². The van der Waals surface area contributed by atoms with Crippen molar-refractivity contribution in [2.75, 3.05) is 25.7 Å². The third kappa shape index (κ3) is 3.02. The Morgan fingerprint density at radius 2 is 1.96 bits per heavy atom. The highest BCUT2D eigenvalue weighted by Gasteiger charge is 2.25. The van der Waals surface area contributed by atoms with Gasteiger partial charge >= 0.3 is 6.03 Å². The molecule has 0 aromatic heterocycles. The number of carbonyl (C=O) groups excluding carboxylic acids is 1. The van der Waals surface area contributed by atoms with Gasteiger partial charge in [-0.15, -0.1) is 0 Å². The molecule has 0 spiro atoms. The van der Waals surface area contributed by atoms with Crippen LogP contribution >= 0.6 is 0 Å². The molecule has 0 radical (unpaired) electrons. The molecule has 0 saturated carbocycles. The Balaban J connectivity index is 1.76. The molecule has 0 aliphatic carbocycles. The Kier molecular flexibility index (Phi) is 4.60. The molecular weight excluding hydrogens is 304 g/mol. The number of nitrogens with zero attached hydrogens (tertiary/aromatic N) is 1. The fraction of sp³-hybridized carbons (Fsp3) is 0.316. The summed E-state index contributed by atoms with van der Waals surface area (Å²) < 4.78 is 10.6. The van der Waals surface area contributed by atoms with Crippen molar-refractivity contribution in [2.45, 2.75) is 19.4 Å². The van der Waals surface area contributed by atoms with Crippen molar-refractivity contribution in [2.24, 2.45) is 0 Å². The number of methoxy groups -OCH3 is 2. The van der Waals surface area contributed by atoms with Gasteiger partial charge in [0.1, 0.15) is 11.5 Å². The summed E-state index contributed by atoms with van der Waals surface area (Å²) in [6, 6.07) is 13.4. The van der Waals surface area contributed by atoms with Crippen molar-refractivity contribution in [3.8, 4) is 11.5 Å². The van der Waals surface area contributed by atoms with E-state index in [1.165, 1.54) is 5.56 Å². The van der Waals surface area contributed by atoms with Crippen molar-refractivity contribution in [3.63, 3.8) is 0 Å². The van der Waals surface area contributed by atoms with Crippen molar-refractivity contribution >= 4 is 11.7 Å². The molecule has 2 amide bonds. The van der Waals surface area contributed by atoms with Crippen LogP contribution in [0.3, 0.4) is 0 Å². The number of hydrogen-bond donors (Lipinski definition) is 1. The van der Waals surface area contributed by atoms with E-state index in [9.17, 15) is 4.79 Å². The molecule has 1 atom stereocenters. The predicted molar refractivity (Wildman–Crippen MR) is 94.0 cm³/mol. The molecule has 24 heavy (non-hydrogen) atoms. The van der Waals surface area contributed by atoms with Gasteiger partial charge in [0.15, 0.2) is 0 Å². The minimum absolute atomic E-state index is 0.0923. The normalized spacial score (nSPS) is 14.0. The summed E-state index contributed by atoms with van der Waals surface area (Å²) in [5, 5.41) is 3.06. The van der Waals surface area contributed by atoms with Crippen LogP contribution in [0.4, 0.5) is 10.5 Å². The molecule has 0 unspecified atom stereocenters. The standard InChI is InChI=1S/C19H22N2O3/c1-13(16-9-8-15(23-2)12-18(16)24-3)20-19(22)21-11-10-14-6-4-5-7-17(14)21/h4-9,12-13H,10-11H2,1-3H3,(H,20,22)/t13-/m0/s1. The molecule has 2 aromatic carbocycles. The van der Waals surface area contributed by atoms with Crippen molar-refractivity contribution in [3.05, 3.63) is 53.6 Å². The lowest BCUT2D eigenvalue weighted by Crippen LogP contribution is -2.40. The second-order valence-corrected chi connectivity index (χ2v) is 5.81. The maximum absolute atomic E-state index is 12.7. The van der Waals surface area contributed by atoms with Crippen LogP contribution in [0.15, 0.2) is 42.5 Å². The lowest BCUT2D eigenvalue weighted by molar-refractivity contribution is 0.243. The summed E-state index contributed by atoms with van der Waals surface area (Å²) >= 11 is 0. The lowest BCUT2D eigenvalue weighted by atomic mass is 10.1. The zero-order chi connectivity index (χ0) is 17.1. The number of fused-ring (bicyclic) bond motifs is 1. The number of carbonyl (C=O) groups is 1. The summed E-state index contributed by atoms with van der Waals surface area (Å²) in [6.07, 6.45) is 0.893. The second kappa shape index (κ2) is 6.83. The van der Waals surface area contributed by atoms with E-state index in [1.807, 2.05) is 43.3 Å². The molecule has 5 nitrogen and oxygen atoms in total. The van der Waals surface area contributed by atoms with E-state index in [4.69, 9.17) is 9.47 Å². The van der Waals surface area contributed by atoms with E-state index in [2.05, 4.69) is 11.4 Å². The summed E-state index contributed by atoms with van der Waals surface area (Å²) in [4.78, 5) is 14.5. The van der Waals surface area contributed by atoms with E-state index in [0.717, 1.165) is 23.4 Å². The number of anilines is 1. The van der Waals surface area contributed by atoms with Crippen LogP contribution in [0.5, 0.6) is 11.5 Å². The van der Waals surface area contributed by atoms with Gasteiger partial charge in [0, 0.05) is 23.9 Å². The summed E-state index contributed by atoms with van der Waals surface area (Å²) in [7, 11) is 3.23. The molecular formula is C19H22N2O3. The minimum atomic E-state index is -0.175. The quantitative estimate of drug-likeness (QED) is 0.935. The van der Waals surface area contributed by atoms with Crippen LogP contribution < -0.4 is 19.7 Å². The first-order chi connectivity index (χ1) is 11.6. The van der Waals surface area contributed by atoms with Crippen LogP contribution in [0, 0.1) is 0 Å². The highest BCUT2D eigenvalue weighted by atomic mass is 16.5. The van der Waals surface area contributed by atoms with E-state index in [1.54, 1.807) is 19.1 Å². The molecule has 126 valence electrons. The molecule has 0 bridgehead atoms. The van der Waals surface area contributed by atoms with Gasteiger partial charge in [-0.2, -0.15) is 0 Å². The first kappa shape index (κ1) is 16.2. The Morgan fingerprint density at radius 1 is 1.17 bits per heavy atom. The molecule has 5 heteroatoms. The number of amides is 2. The van der Waals surface area contributed by atoms with Crippen LogP contribution in [-0.2, 0) is 6.42 Å². The summed E-state index contributed by atoms with van der Waals surface area (Å²) in [5.74, 6) is 1.42. The first-order valence-corrected chi connectivity index (χ1v) is 8.02. The summed E-state index contributed by atoms with van der Waals surface area (Å²) in [5.41, 5.74) is 3.12. The molecule has 2 aromatic rings. The smallest absolute Gasteiger partial charge is 0.322 e. The lowest BCUT2D eigenvalue weighted by Gasteiger charge is -2.23. The van der Waals surface area contributed by atoms with Crippen LogP contribution in [-0.4, -0.2) is 26.8 Å². The van der Waals surface area contributed by atoms with Gasteiger partial charge in [-0.3, -0.25) is 4.90 Å². The predicted octanol–water partition coefficient (Wildman–Crippen LogP) is 3.54. The Labute approximate surface area is 142 Å². The van der Waals surface area contributed by atoms with Crippen LogP contribution in [0.25, 0.3) is 0 Å². The maximum Gasteiger partial charge on any atom is 0.322 e. The number of urea groups is 1. The molecule has 0 fully saturated rings. The largest absolute Gasteiger partial charge is 0.497 e. The van der Waals surface area contributed by atoms with Crippen LogP contribution in [0.1, 0.15) is 24.1 Å². The van der Waals surface area contributed by atoms with E-state index < -0.39 is 0 Å². The number of ether oxygens (including phenoxy) is 2. The third-order valence-electron chi connectivity index (χ3n) is 4.38. The Bertz CT molecular complexity index is 745. The molecule has 1 heterocycles. The highest BCUT2D eigenvalue weighted by molar-refractivity contribution is 5.94. The molecule has 1 aliphatic heterocycles. The van der Waals surface area contributed by atoms with Gasteiger partial charge in [0.2, 0.25) is 0 Å². The SMILES string of the molecule is COc1ccc([C@H](C)NC(=O)N2CCc3ccccc32)c(OC)c1. The average Bonchev–Trinajstić information content (AvgIpc) is 3.05. The van der Waals surface area contributed by atoms with Gasteiger partial charge in [0.25, 0.3) is 0 Å². The maximum atomic E-state index is 12.7. The minimum Gasteiger partial charge on any atom is -0.497 e. The van der Waals surface area contributed by atoms with Gasteiger partial charge in [-0.05, 0) is 37.1 Å². The fourth-order valence-electron chi connectivity index (χ4n) is 3.07. The molecule has 1 N–H and O–H groups in total. The van der Waals surface area contributed by atoms with E-state index >= 15 is 0 Å². The van der Waals surface area contributed by atoms with Gasteiger partial charge in [-0.25, -0.2) is 4.79 Å². The monoisotopic (exact) mass is 326 g/mol. The number of benzene rings is 2. The third-order valence-corrected chi connectivity index (χ3v) is 4.38. The number of nitrogens with one attached hydrogen (secondary N) is 1. The number of hydrogen-bond acceptors (Lipinski definition) is 3. The van der Waals surface area contributed by atoms with Crippen molar-refractivity contribution in [1.29, 1.82) is 0 Å². The number of rotatable bonds is 4. The molecule has 0 saturated heterocycles. The van der Waals surface area contributed by atoms with Gasteiger partial charge in [-0.1, -0.05) is 18.2 Å². The van der Waals surface area contributed by atoms with Crippen LogP contribution in [0.2, 0.25) is 0 Å². The van der Waals surface area contributed by atoms with Gasteiger partial charge < -0.3 is 14.8 Å². The first-order valence-electron chi connectivity index (χ1n) is 8.02. The zero-order valence-electron chi connectivity index (χ0n) is 14.2. The van der Waals surface area contributed by atoms with E-state index in [0.29, 0.717) is 12.3 Å². The Hall–Kier alpha value is -2.69. The number of para-hydroxylation sites is 1. The van der Waals surface area contributed by atoms with Crippen molar-refractivity contribution in [1.82, 2.24) is 5.32 Å². The molecule has 1 aliphatic rings. The molecule has 3 rings (SSSR count).